The van der Waals surface area contributed by atoms with Gasteiger partial charge in [0.1, 0.15) is 11.0 Å². The van der Waals surface area contributed by atoms with Crippen LogP contribution in [-0.4, -0.2) is 20.9 Å². The Bertz CT molecular complexity index is 991. The minimum absolute atomic E-state index is 0.0115. The highest BCUT2D eigenvalue weighted by Gasteiger charge is 2.40. The molecule has 0 radical (unpaired) electrons. The Morgan fingerprint density at radius 2 is 1.93 bits per heavy atom. The maximum atomic E-state index is 13.5. The maximum absolute atomic E-state index is 13.5. The molecule has 27 heavy (non-hydrogen) atoms. The minimum atomic E-state index is -4.91. The molecule has 6 nitrogen and oxygen atoms in total. The first-order valence-corrected chi connectivity index (χ1v) is 7.64. The molecule has 0 saturated carbocycles. The topological polar surface area (TPSA) is 69.0 Å². The molecule has 0 aliphatic carbocycles. The number of rotatable bonds is 3. The van der Waals surface area contributed by atoms with Crippen molar-refractivity contribution in [2.45, 2.75) is 6.18 Å². The van der Waals surface area contributed by atoms with E-state index in [-0.39, 0.29) is 16.7 Å². The number of nitrogens with one attached hydrogen (secondary N) is 1. The summed E-state index contributed by atoms with van der Waals surface area (Å²) < 4.78 is 58.7. The maximum Gasteiger partial charge on any atom is 0.437 e. The molecule has 0 bridgehead atoms. The number of pyridine rings is 1. The van der Waals surface area contributed by atoms with Crippen molar-refractivity contribution in [1.29, 1.82) is 0 Å². The fraction of sp³-hybridized carbons (Fsp3) is 0.0625. The van der Waals surface area contributed by atoms with Gasteiger partial charge in [0.25, 0.3) is 0 Å². The van der Waals surface area contributed by atoms with E-state index in [4.69, 9.17) is 16.3 Å². The normalized spacial score (nSPS) is 11.3. The zero-order valence-corrected chi connectivity index (χ0v) is 13.9. The molecule has 11 heteroatoms. The largest absolute Gasteiger partial charge is 0.437 e. The molecule has 3 aromatic rings. The number of carbonyl (C=O) groups is 1. The van der Waals surface area contributed by atoms with Crippen LogP contribution in [0.4, 0.5) is 28.0 Å². The van der Waals surface area contributed by atoms with Crippen LogP contribution < -0.4 is 10.1 Å². The van der Waals surface area contributed by atoms with Crippen LogP contribution in [0.5, 0.6) is 5.75 Å². The lowest BCUT2D eigenvalue weighted by Crippen LogP contribution is -2.20. The Hall–Kier alpha value is -3.14. The van der Waals surface area contributed by atoms with E-state index in [0.29, 0.717) is 4.68 Å². The van der Waals surface area contributed by atoms with Crippen LogP contribution in [0.1, 0.15) is 5.69 Å². The second kappa shape index (κ2) is 7.23. The van der Waals surface area contributed by atoms with E-state index >= 15 is 0 Å². The molecule has 0 spiro atoms. The molecule has 2 aromatic heterocycles. The summed E-state index contributed by atoms with van der Waals surface area (Å²) in [4.78, 5) is 15.6. The number of alkyl halides is 3. The van der Waals surface area contributed by atoms with Crippen molar-refractivity contribution in [2.75, 3.05) is 5.32 Å². The van der Waals surface area contributed by atoms with Gasteiger partial charge in [0.05, 0.1) is 6.20 Å². The van der Waals surface area contributed by atoms with Crippen molar-refractivity contribution in [3.05, 3.63) is 65.3 Å². The average molecular weight is 401 g/mol. The first-order chi connectivity index (χ1) is 12.7. The molecule has 0 saturated heterocycles. The van der Waals surface area contributed by atoms with Gasteiger partial charge < -0.3 is 4.74 Å². The zero-order chi connectivity index (χ0) is 19.6. The summed E-state index contributed by atoms with van der Waals surface area (Å²) in [5, 5.41) is 5.67. The van der Waals surface area contributed by atoms with E-state index in [1.165, 1.54) is 30.3 Å². The number of hydrogen-bond acceptors (Lipinski definition) is 4. The Morgan fingerprint density at radius 3 is 2.59 bits per heavy atom. The molecular weight excluding hydrogens is 392 g/mol. The summed E-state index contributed by atoms with van der Waals surface area (Å²) in [7, 11) is 0. The number of amides is 1. The van der Waals surface area contributed by atoms with Crippen molar-refractivity contribution in [2.24, 2.45) is 0 Å². The second-order valence-electron chi connectivity index (χ2n) is 5.11. The third-order valence-corrected chi connectivity index (χ3v) is 3.41. The lowest BCUT2D eigenvalue weighted by Gasteiger charge is -2.12. The van der Waals surface area contributed by atoms with Crippen LogP contribution in [0, 0.1) is 5.82 Å². The Balaban J connectivity index is 1.90. The third kappa shape index (κ3) is 4.34. The van der Waals surface area contributed by atoms with Crippen LogP contribution in [0.3, 0.4) is 0 Å². The number of carbonyl (C=O) groups excluding carboxylic acids is 1. The zero-order valence-electron chi connectivity index (χ0n) is 13.2. The molecule has 1 aromatic carbocycles. The van der Waals surface area contributed by atoms with Gasteiger partial charge in [0.15, 0.2) is 17.3 Å². The molecular formula is C16H9ClF4N4O2. The molecule has 0 fully saturated rings. The van der Waals surface area contributed by atoms with E-state index in [2.05, 4.69) is 15.4 Å². The summed E-state index contributed by atoms with van der Waals surface area (Å²) >= 11 is 5.70. The van der Waals surface area contributed by atoms with E-state index in [0.717, 1.165) is 18.3 Å². The molecule has 3 rings (SSSR count). The number of anilines is 1. The number of benzene rings is 1. The molecule has 1 N–H and O–H groups in total. The lowest BCUT2D eigenvalue weighted by molar-refractivity contribution is -0.143. The quantitative estimate of drug-likeness (QED) is 0.511. The van der Waals surface area contributed by atoms with Gasteiger partial charge in [-0.1, -0.05) is 23.7 Å². The smallest absolute Gasteiger partial charge is 0.406 e. The highest BCUT2D eigenvalue weighted by Crippen LogP contribution is 2.37. The SMILES string of the molecule is O=C(Nc1cccc(F)c1)Oc1cnn(-c2cccc(Cl)n2)c1C(F)(F)F. The molecule has 0 atom stereocenters. The van der Waals surface area contributed by atoms with Crippen LogP contribution in [-0.2, 0) is 6.18 Å². The number of halogens is 5. The molecule has 0 unspecified atom stereocenters. The molecule has 2 heterocycles. The van der Waals surface area contributed by atoms with Crippen molar-refractivity contribution < 1.29 is 27.1 Å². The second-order valence-corrected chi connectivity index (χ2v) is 5.50. The highest BCUT2D eigenvalue weighted by molar-refractivity contribution is 6.29. The van der Waals surface area contributed by atoms with Gasteiger partial charge >= 0.3 is 12.3 Å². The summed E-state index contributed by atoms with van der Waals surface area (Å²) in [6.45, 7) is 0. The average Bonchev–Trinajstić information content (AvgIpc) is 2.98. The van der Waals surface area contributed by atoms with Crippen LogP contribution >= 0.6 is 11.6 Å². The molecule has 1 amide bonds. The van der Waals surface area contributed by atoms with E-state index in [9.17, 15) is 22.4 Å². The molecule has 0 aliphatic heterocycles. The van der Waals surface area contributed by atoms with Gasteiger partial charge in [-0.25, -0.2) is 18.9 Å². The highest BCUT2D eigenvalue weighted by atomic mass is 35.5. The predicted molar refractivity (Wildman–Crippen MR) is 87.4 cm³/mol. The van der Waals surface area contributed by atoms with E-state index in [1.54, 1.807) is 0 Å². The summed E-state index contributed by atoms with van der Waals surface area (Å²) in [5.74, 6) is -1.70. The van der Waals surface area contributed by atoms with Gasteiger partial charge in [-0.2, -0.15) is 18.3 Å². The third-order valence-electron chi connectivity index (χ3n) is 3.20. The number of ether oxygens (including phenoxy) is 1. The monoisotopic (exact) mass is 400 g/mol. The van der Waals surface area contributed by atoms with Gasteiger partial charge in [0.2, 0.25) is 0 Å². The Labute approximate surface area is 154 Å². The minimum Gasteiger partial charge on any atom is -0.406 e. The van der Waals surface area contributed by atoms with Crippen LogP contribution in [0.15, 0.2) is 48.7 Å². The van der Waals surface area contributed by atoms with Gasteiger partial charge in [-0.3, -0.25) is 5.32 Å². The van der Waals surface area contributed by atoms with Crippen LogP contribution in [0.2, 0.25) is 5.15 Å². The van der Waals surface area contributed by atoms with Crippen molar-refractivity contribution in [3.8, 4) is 11.6 Å². The first-order valence-electron chi connectivity index (χ1n) is 7.26. The standard InChI is InChI=1S/C16H9ClF4N4O2/c17-12-5-2-6-13(24-12)25-14(16(19,20)21)11(8-22-25)27-15(26)23-10-4-1-3-9(18)7-10/h1-8H,(H,23,26). The number of aromatic nitrogens is 3. The van der Waals surface area contributed by atoms with E-state index < -0.39 is 29.5 Å². The number of hydrogen-bond donors (Lipinski definition) is 1. The summed E-state index contributed by atoms with van der Waals surface area (Å²) in [6.07, 6.45) is -5.43. The fourth-order valence-corrected chi connectivity index (χ4v) is 2.33. The van der Waals surface area contributed by atoms with Crippen LogP contribution in [0.25, 0.3) is 5.82 Å². The van der Waals surface area contributed by atoms with Gasteiger partial charge in [-0.15, -0.1) is 0 Å². The fourth-order valence-electron chi connectivity index (χ4n) is 2.17. The first kappa shape index (κ1) is 18.6. The Morgan fingerprint density at radius 1 is 1.19 bits per heavy atom. The van der Waals surface area contributed by atoms with E-state index in [1.807, 2.05) is 0 Å². The van der Waals surface area contributed by atoms with Crippen molar-refractivity contribution in [3.63, 3.8) is 0 Å². The summed E-state index contributed by atoms with van der Waals surface area (Å²) in [5.41, 5.74) is -1.34. The van der Waals surface area contributed by atoms with Crippen molar-refractivity contribution in [1.82, 2.24) is 14.8 Å². The van der Waals surface area contributed by atoms with Gasteiger partial charge in [0, 0.05) is 5.69 Å². The number of nitrogens with zero attached hydrogens (tertiary/aromatic N) is 3. The predicted octanol–water partition coefficient (Wildman–Crippen LogP) is 4.69. The van der Waals surface area contributed by atoms with Gasteiger partial charge in [-0.05, 0) is 30.3 Å². The molecule has 0 aliphatic rings. The summed E-state index contributed by atoms with van der Waals surface area (Å²) in [6, 6.07) is 8.80. The lowest BCUT2D eigenvalue weighted by atomic mass is 10.3. The van der Waals surface area contributed by atoms with Crippen molar-refractivity contribution >= 4 is 23.4 Å². The Kier molecular flexibility index (Phi) is 5.00. The molecule has 140 valence electrons.